The SMILES string of the molecule is C[C@@H](C(=O)Nc1ccc2c(c1)C(=O)N[C@@H](CCC(=O)O)C(=O)N[C@@H](CCCCN)C(=O)N[C@H](C(N)=O)CCO2)n1cc(C2CCNCC2)nn1. The van der Waals surface area contributed by atoms with Crippen LogP contribution in [0, 0.1) is 0 Å². The van der Waals surface area contributed by atoms with E-state index in [0.717, 1.165) is 31.6 Å². The molecule has 3 heterocycles. The predicted octanol–water partition coefficient (Wildman–Crippen LogP) is -0.726. The number of amides is 5. The Balaban J connectivity index is 1.59. The number of nitrogens with one attached hydrogen (secondary N) is 5. The van der Waals surface area contributed by atoms with Crippen LogP contribution >= 0.6 is 0 Å². The van der Waals surface area contributed by atoms with Crippen LogP contribution < -0.4 is 42.8 Å². The van der Waals surface area contributed by atoms with Crippen molar-refractivity contribution in [2.75, 3.05) is 31.6 Å². The largest absolute Gasteiger partial charge is 0.493 e. The number of nitrogens with two attached hydrogens (primary N) is 2. The summed E-state index contributed by atoms with van der Waals surface area (Å²) < 4.78 is 7.33. The first kappa shape index (κ1) is 37.7. The van der Waals surface area contributed by atoms with Crippen molar-refractivity contribution in [3.05, 3.63) is 35.7 Å². The highest BCUT2D eigenvalue weighted by molar-refractivity contribution is 6.02. The van der Waals surface area contributed by atoms with Gasteiger partial charge in [0.25, 0.3) is 5.91 Å². The molecule has 0 bridgehead atoms. The third-order valence-electron chi connectivity index (χ3n) is 8.73. The summed E-state index contributed by atoms with van der Waals surface area (Å²) in [6.07, 6.45) is 3.96. The summed E-state index contributed by atoms with van der Waals surface area (Å²) in [4.78, 5) is 77.3. The summed E-state index contributed by atoms with van der Waals surface area (Å²) in [7, 11) is 0. The summed E-state index contributed by atoms with van der Waals surface area (Å²) >= 11 is 0. The Labute approximate surface area is 288 Å². The first-order valence-electron chi connectivity index (χ1n) is 16.8. The van der Waals surface area contributed by atoms with Gasteiger partial charge in [-0.25, -0.2) is 4.68 Å². The van der Waals surface area contributed by atoms with Crippen molar-refractivity contribution in [3.63, 3.8) is 0 Å². The van der Waals surface area contributed by atoms with Gasteiger partial charge in [-0.2, -0.15) is 0 Å². The number of carbonyl (C=O) groups is 6. The number of aromatic nitrogens is 3. The fourth-order valence-corrected chi connectivity index (χ4v) is 5.71. The van der Waals surface area contributed by atoms with Crippen LogP contribution in [0.4, 0.5) is 5.69 Å². The van der Waals surface area contributed by atoms with Gasteiger partial charge in [0.1, 0.15) is 29.9 Å². The summed E-state index contributed by atoms with van der Waals surface area (Å²) in [5.41, 5.74) is 12.1. The zero-order chi connectivity index (χ0) is 36.2. The molecule has 272 valence electrons. The second-order valence-electron chi connectivity index (χ2n) is 12.4. The number of anilines is 1. The Morgan fingerprint density at radius 1 is 1.04 bits per heavy atom. The van der Waals surface area contributed by atoms with E-state index in [4.69, 9.17) is 16.2 Å². The lowest BCUT2D eigenvalue weighted by atomic mass is 9.95. The lowest BCUT2D eigenvalue weighted by Gasteiger charge is -2.26. The lowest BCUT2D eigenvalue weighted by Crippen LogP contribution is -2.56. The van der Waals surface area contributed by atoms with Crippen LogP contribution in [-0.2, 0) is 24.0 Å². The number of rotatable bonds is 12. The van der Waals surface area contributed by atoms with Crippen LogP contribution in [0.15, 0.2) is 24.4 Å². The molecule has 1 aromatic heterocycles. The monoisotopic (exact) mass is 698 g/mol. The van der Waals surface area contributed by atoms with E-state index < -0.39 is 66.1 Å². The molecule has 1 fully saturated rings. The van der Waals surface area contributed by atoms with E-state index >= 15 is 0 Å². The highest BCUT2D eigenvalue weighted by Gasteiger charge is 2.31. The van der Waals surface area contributed by atoms with Crippen LogP contribution in [0.1, 0.15) is 86.3 Å². The molecule has 4 atom stereocenters. The van der Waals surface area contributed by atoms with E-state index in [9.17, 15) is 33.9 Å². The molecular weight excluding hydrogens is 652 g/mol. The van der Waals surface area contributed by atoms with Gasteiger partial charge in [-0.1, -0.05) is 5.21 Å². The van der Waals surface area contributed by atoms with Crippen molar-refractivity contribution in [3.8, 4) is 5.75 Å². The van der Waals surface area contributed by atoms with Crippen molar-refractivity contribution in [2.24, 2.45) is 11.5 Å². The molecule has 4 rings (SSSR count). The third kappa shape index (κ3) is 10.4. The predicted molar refractivity (Wildman–Crippen MR) is 179 cm³/mol. The highest BCUT2D eigenvalue weighted by Crippen LogP contribution is 2.26. The Morgan fingerprint density at radius 2 is 1.76 bits per heavy atom. The normalized spacial score (nSPS) is 21.3. The Bertz CT molecular complexity index is 1540. The Morgan fingerprint density at radius 3 is 2.46 bits per heavy atom. The van der Waals surface area contributed by atoms with Gasteiger partial charge in [-0.05, 0) is 83.3 Å². The molecule has 2 aromatic rings. The third-order valence-corrected chi connectivity index (χ3v) is 8.73. The molecule has 0 radical (unpaired) electrons. The van der Waals surface area contributed by atoms with E-state index in [0.29, 0.717) is 19.4 Å². The molecule has 2 aliphatic rings. The minimum Gasteiger partial charge on any atom is -0.493 e. The number of hydrogen-bond donors (Lipinski definition) is 8. The average Bonchev–Trinajstić information content (AvgIpc) is 3.59. The highest BCUT2D eigenvalue weighted by atomic mass is 16.5. The van der Waals surface area contributed by atoms with E-state index in [2.05, 4.69) is 36.9 Å². The van der Waals surface area contributed by atoms with E-state index in [1.54, 1.807) is 13.1 Å². The summed E-state index contributed by atoms with van der Waals surface area (Å²) in [6, 6.07) is -0.102. The topological polar surface area (TPSA) is 275 Å². The maximum Gasteiger partial charge on any atom is 0.303 e. The number of unbranched alkanes of at least 4 members (excludes halogenated alkanes) is 1. The first-order valence-corrected chi connectivity index (χ1v) is 16.8. The smallest absolute Gasteiger partial charge is 0.303 e. The number of nitrogens with zero attached hydrogens (tertiary/aromatic N) is 3. The standard InChI is InChI=1S/C32H46N10O8/c1-18(42-17-25(40-41-42)19-9-13-35-14-10-19)29(46)36-20-5-7-26-21(16-20)30(47)38-24(6-8-27(43)44)32(49)39-23(4-2-3-12-33)31(48)37-22(28(34)45)11-15-50-26/h5,7,16-19,22-24,35H,2-4,6,8-15,33H2,1H3,(H2,34,45)(H,36,46)(H,37,48)(H,38,47)(H,39,49)(H,43,44)/t18-,22-,23-,24-/m0/s1. The van der Waals surface area contributed by atoms with Crippen molar-refractivity contribution >= 4 is 41.2 Å². The Kier molecular flexibility index (Phi) is 13.6. The van der Waals surface area contributed by atoms with Crippen molar-refractivity contribution in [1.29, 1.82) is 0 Å². The van der Waals surface area contributed by atoms with Crippen LogP contribution in [0.2, 0.25) is 0 Å². The van der Waals surface area contributed by atoms with Crippen molar-refractivity contribution < 1.29 is 38.6 Å². The fraction of sp³-hybridized carbons (Fsp3) is 0.562. The average molecular weight is 699 g/mol. The number of carbonyl (C=O) groups excluding carboxylic acids is 5. The molecule has 18 nitrogen and oxygen atoms in total. The number of primary amides is 1. The number of ether oxygens (including phenoxy) is 1. The minimum absolute atomic E-state index is 0.0418. The maximum absolute atomic E-state index is 13.7. The van der Waals surface area contributed by atoms with E-state index in [1.807, 2.05) is 0 Å². The van der Waals surface area contributed by atoms with Gasteiger partial charge in [0.05, 0.1) is 17.9 Å². The summed E-state index contributed by atoms with van der Waals surface area (Å²) in [6.45, 7) is 3.63. The fourth-order valence-electron chi connectivity index (χ4n) is 5.71. The summed E-state index contributed by atoms with van der Waals surface area (Å²) in [5.74, 6) is -4.47. The van der Waals surface area contributed by atoms with Crippen LogP contribution in [0.25, 0.3) is 0 Å². The number of carboxylic acids is 1. The molecule has 1 saturated heterocycles. The van der Waals surface area contributed by atoms with E-state index in [1.165, 1.54) is 22.9 Å². The molecule has 0 aliphatic carbocycles. The zero-order valence-corrected chi connectivity index (χ0v) is 28.0. The van der Waals surface area contributed by atoms with E-state index in [-0.39, 0.29) is 48.8 Å². The zero-order valence-electron chi connectivity index (χ0n) is 28.0. The van der Waals surface area contributed by atoms with Gasteiger partial charge < -0.3 is 47.9 Å². The van der Waals surface area contributed by atoms with Gasteiger partial charge in [0, 0.05) is 30.6 Å². The number of fused-ring (bicyclic) bond motifs is 1. The number of benzene rings is 1. The number of hydrogen-bond acceptors (Lipinski definition) is 11. The molecular formula is C32H46N10O8. The molecule has 0 spiro atoms. The molecule has 18 heteroatoms. The van der Waals surface area contributed by atoms with Crippen LogP contribution in [-0.4, -0.2) is 100.0 Å². The molecule has 2 aliphatic heterocycles. The molecule has 0 saturated carbocycles. The lowest BCUT2D eigenvalue weighted by molar-refractivity contribution is -0.137. The summed E-state index contributed by atoms with van der Waals surface area (Å²) in [5, 5.41) is 31.6. The number of aliphatic carboxylic acids is 1. The van der Waals surface area contributed by atoms with Gasteiger partial charge >= 0.3 is 5.97 Å². The van der Waals surface area contributed by atoms with Crippen LogP contribution in [0.5, 0.6) is 5.75 Å². The van der Waals surface area contributed by atoms with Gasteiger partial charge in [-0.3, -0.25) is 28.8 Å². The van der Waals surface area contributed by atoms with Gasteiger partial charge in [0.15, 0.2) is 0 Å². The quantitative estimate of drug-likeness (QED) is 0.128. The van der Waals surface area contributed by atoms with Crippen LogP contribution in [0.3, 0.4) is 0 Å². The minimum atomic E-state index is -1.37. The number of carboxylic acid groups (broad SMARTS) is 1. The molecule has 50 heavy (non-hydrogen) atoms. The Hall–Kier alpha value is -5.10. The van der Waals surface area contributed by atoms with Gasteiger partial charge in [-0.15, -0.1) is 5.10 Å². The molecule has 1 aromatic carbocycles. The molecule has 5 amide bonds. The number of piperidine rings is 1. The first-order chi connectivity index (χ1) is 24.0. The van der Waals surface area contributed by atoms with Gasteiger partial charge in [0.2, 0.25) is 23.6 Å². The van der Waals surface area contributed by atoms with Crippen molar-refractivity contribution in [2.45, 2.75) is 88.4 Å². The molecule has 10 N–H and O–H groups in total. The molecule has 0 unspecified atom stereocenters. The van der Waals surface area contributed by atoms with Crippen molar-refractivity contribution in [1.82, 2.24) is 36.3 Å². The second kappa shape index (κ2) is 18.1. The second-order valence-corrected chi connectivity index (χ2v) is 12.4. The maximum atomic E-state index is 13.7.